The molecule has 0 radical (unpaired) electrons. The summed E-state index contributed by atoms with van der Waals surface area (Å²) in [7, 11) is 0. The number of unbranched alkanes of at least 4 members (excludes halogenated alkanes) is 1. The van der Waals surface area contributed by atoms with E-state index in [0.29, 0.717) is 25.1 Å². The van der Waals surface area contributed by atoms with E-state index < -0.39 is 60.2 Å². The number of carbonyl (C=O) groups is 5. The molecule has 0 aliphatic carbocycles. The number of aliphatic carboxylic acids is 1. The lowest BCUT2D eigenvalue weighted by Gasteiger charge is -2.25. The number of hydrogen-bond donors (Lipinski definition) is 7. The summed E-state index contributed by atoms with van der Waals surface area (Å²) in [6.45, 7) is 3.98. The first-order valence-electron chi connectivity index (χ1n) is 10.8. The van der Waals surface area contributed by atoms with E-state index in [-0.39, 0.29) is 18.8 Å². The Bertz CT molecular complexity index is 677. The van der Waals surface area contributed by atoms with Crippen LogP contribution in [-0.2, 0) is 24.0 Å². The van der Waals surface area contributed by atoms with Gasteiger partial charge in [-0.3, -0.25) is 19.2 Å². The summed E-state index contributed by atoms with van der Waals surface area (Å²) in [5.74, 6) is -3.82. The van der Waals surface area contributed by atoms with Crippen molar-refractivity contribution in [2.45, 2.75) is 70.1 Å². The number of nitrogens with one attached hydrogen (secondary N) is 3. The van der Waals surface area contributed by atoms with Crippen LogP contribution in [0, 0.1) is 5.92 Å². The van der Waals surface area contributed by atoms with E-state index in [2.05, 4.69) is 16.0 Å². The number of primary amides is 1. The van der Waals surface area contributed by atoms with Crippen molar-refractivity contribution >= 4 is 41.4 Å². The molecule has 0 aliphatic heterocycles. The summed E-state index contributed by atoms with van der Waals surface area (Å²) in [5, 5.41) is 16.7. The number of thioether (sulfide) groups is 1. The lowest BCUT2D eigenvalue weighted by atomic mass is 10.0. The van der Waals surface area contributed by atoms with Gasteiger partial charge in [0, 0.05) is 0 Å². The summed E-state index contributed by atoms with van der Waals surface area (Å²) in [4.78, 5) is 60.5. The quantitative estimate of drug-likeness (QED) is 0.115. The second-order valence-corrected chi connectivity index (χ2v) is 9.01. The fraction of sp³-hybridized carbons (Fsp3) is 0.750. The van der Waals surface area contributed by atoms with E-state index in [4.69, 9.17) is 17.2 Å². The zero-order valence-electron chi connectivity index (χ0n) is 19.5. The first kappa shape index (κ1) is 30.6. The molecule has 4 unspecified atom stereocenters. The highest BCUT2D eigenvalue weighted by atomic mass is 32.2. The van der Waals surface area contributed by atoms with E-state index in [1.165, 1.54) is 11.8 Å². The monoisotopic (exact) mass is 490 g/mol. The molecule has 0 saturated heterocycles. The highest BCUT2D eigenvalue weighted by Crippen LogP contribution is 2.07. The molecule has 33 heavy (non-hydrogen) atoms. The maximum Gasteiger partial charge on any atom is 0.326 e. The molecule has 13 heteroatoms. The largest absolute Gasteiger partial charge is 0.480 e. The molecule has 0 rings (SSSR count). The summed E-state index contributed by atoms with van der Waals surface area (Å²) < 4.78 is 0. The van der Waals surface area contributed by atoms with Crippen LogP contribution in [0.3, 0.4) is 0 Å². The van der Waals surface area contributed by atoms with Gasteiger partial charge in [-0.1, -0.05) is 13.8 Å². The molecule has 12 nitrogen and oxygen atoms in total. The van der Waals surface area contributed by atoms with Crippen molar-refractivity contribution in [3.63, 3.8) is 0 Å². The van der Waals surface area contributed by atoms with Crippen molar-refractivity contribution < 1.29 is 29.1 Å². The van der Waals surface area contributed by atoms with Crippen LogP contribution in [-0.4, -0.2) is 77.4 Å². The van der Waals surface area contributed by atoms with E-state index in [1.807, 2.05) is 6.26 Å². The number of carboxylic acid groups (broad SMARTS) is 1. The molecule has 0 aromatic heterocycles. The molecule has 4 atom stereocenters. The number of carboxylic acids is 1. The van der Waals surface area contributed by atoms with Gasteiger partial charge in [-0.25, -0.2) is 4.79 Å². The van der Waals surface area contributed by atoms with Crippen LogP contribution in [0.2, 0.25) is 0 Å². The summed E-state index contributed by atoms with van der Waals surface area (Å²) in [5.41, 5.74) is 16.4. The minimum Gasteiger partial charge on any atom is -0.480 e. The Kier molecular flexibility index (Phi) is 15.1. The van der Waals surface area contributed by atoms with Crippen molar-refractivity contribution in [2.75, 3.05) is 18.6 Å². The van der Waals surface area contributed by atoms with E-state index in [1.54, 1.807) is 13.8 Å². The third-order valence-electron chi connectivity index (χ3n) is 4.86. The fourth-order valence-corrected chi connectivity index (χ4v) is 3.25. The molecule has 190 valence electrons. The molecule has 0 heterocycles. The van der Waals surface area contributed by atoms with E-state index in [9.17, 15) is 29.1 Å². The first-order chi connectivity index (χ1) is 15.4. The van der Waals surface area contributed by atoms with Crippen LogP contribution in [0.4, 0.5) is 0 Å². The predicted octanol–water partition coefficient (Wildman–Crippen LogP) is -1.73. The predicted molar refractivity (Wildman–Crippen MR) is 126 cm³/mol. The van der Waals surface area contributed by atoms with Gasteiger partial charge in [0.25, 0.3) is 0 Å². The molecule has 0 aromatic rings. The van der Waals surface area contributed by atoms with Crippen LogP contribution in [0.1, 0.15) is 46.0 Å². The number of hydrogen-bond acceptors (Lipinski definition) is 8. The minimum atomic E-state index is -1.52. The van der Waals surface area contributed by atoms with Gasteiger partial charge in [-0.2, -0.15) is 11.8 Å². The Balaban J connectivity index is 5.48. The number of carbonyl (C=O) groups excluding carboxylic acids is 4. The Morgan fingerprint density at radius 3 is 1.85 bits per heavy atom. The van der Waals surface area contributed by atoms with Crippen molar-refractivity contribution in [3.8, 4) is 0 Å². The number of nitrogens with two attached hydrogens (primary N) is 3. The molecule has 0 fully saturated rings. The highest BCUT2D eigenvalue weighted by molar-refractivity contribution is 7.98. The average molecular weight is 491 g/mol. The lowest BCUT2D eigenvalue weighted by Crippen LogP contribution is -2.57. The molecule has 0 saturated carbocycles. The van der Waals surface area contributed by atoms with Crippen molar-refractivity contribution in [1.82, 2.24) is 16.0 Å². The van der Waals surface area contributed by atoms with Gasteiger partial charge >= 0.3 is 5.97 Å². The van der Waals surface area contributed by atoms with E-state index in [0.717, 1.165) is 0 Å². The SMILES string of the molecule is CSCCC(NC(=O)C(CCCCN)NC(=O)C(N)C(C)C)C(=O)NC(CC(N)=O)C(=O)O. The van der Waals surface area contributed by atoms with Gasteiger partial charge in [-0.05, 0) is 50.2 Å². The fourth-order valence-electron chi connectivity index (χ4n) is 2.78. The topological polar surface area (TPSA) is 220 Å². The second-order valence-electron chi connectivity index (χ2n) is 8.03. The van der Waals surface area contributed by atoms with Crippen LogP contribution >= 0.6 is 11.8 Å². The van der Waals surface area contributed by atoms with Gasteiger partial charge in [0.05, 0.1) is 12.5 Å². The average Bonchev–Trinajstić information content (AvgIpc) is 2.73. The smallest absolute Gasteiger partial charge is 0.326 e. The van der Waals surface area contributed by atoms with Crippen LogP contribution in [0.15, 0.2) is 0 Å². The van der Waals surface area contributed by atoms with Crippen LogP contribution in [0.5, 0.6) is 0 Å². The first-order valence-corrected chi connectivity index (χ1v) is 12.2. The standard InChI is InChI=1S/C20H38N6O6S/c1-11(2)16(23)19(30)25-12(6-4-5-8-21)17(28)24-13(7-9-33-3)18(29)26-14(20(31)32)10-15(22)27/h11-14,16H,4-10,21,23H2,1-3H3,(H2,22,27)(H,24,28)(H,25,30)(H,26,29)(H,31,32). The van der Waals surface area contributed by atoms with E-state index >= 15 is 0 Å². The Labute approximate surface area is 198 Å². The maximum atomic E-state index is 13.0. The molecule has 0 aliphatic rings. The molecule has 0 aromatic carbocycles. The molecular weight excluding hydrogens is 452 g/mol. The molecule has 4 amide bonds. The molecule has 0 bridgehead atoms. The summed E-state index contributed by atoms with van der Waals surface area (Å²) in [6, 6.07) is -4.35. The Morgan fingerprint density at radius 2 is 1.39 bits per heavy atom. The number of amides is 4. The third kappa shape index (κ3) is 12.4. The third-order valence-corrected chi connectivity index (χ3v) is 5.51. The number of rotatable bonds is 17. The minimum absolute atomic E-state index is 0.143. The lowest BCUT2D eigenvalue weighted by molar-refractivity contribution is -0.143. The van der Waals surface area contributed by atoms with Gasteiger partial charge < -0.3 is 38.3 Å². The van der Waals surface area contributed by atoms with Crippen molar-refractivity contribution in [2.24, 2.45) is 23.1 Å². The van der Waals surface area contributed by atoms with Gasteiger partial charge in [-0.15, -0.1) is 0 Å². The van der Waals surface area contributed by atoms with Crippen molar-refractivity contribution in [1.29, 1.82) is 0 Å². The zero-order valence-corrected chi connectivity index (χ0v) is 20.3. The van der Waals surface area contributed by atoms with Crippen LogP contribution in [0.25, 0.3) is 0 Å². The summed E-state index contributed by atoms with van der Waals surface area (Å²) >= 11 is 1.43. The second kappa shape index (κ2) is 16.3. The maximum absolute atomic E-state index is 13.0. The van der Waals surface area contributed by atoms with Gasteiger partial charge in [0.1, 0.15) is 18.1 Å². The Morgan fingerprint density at radius 1 is 0.879 bits per heavy atom. The van der Waals surface area contributed by atoms with Crippen molar-refractivity contribution in [3.05, 3.63) is 0 Å². The van der Waals surface area contributed by atoms with Gasteiger partial charge in [0.2, 0.25) is 23.6 Å². The van der Waals surface area contributed by atoms with Crippen LogP contribution < -0.4 is 33.2 Å². The normalized spacial score (nSPS) is 14.6. The summed E-state index contributed by atoms with van der Waals surface area (Å²) in [6.07, 6.45) is 2.92. The molecular formula is C20H38N6O6S. The Hall–Kier alpha value is -2.38. The van der Waals surface area contributed by atoms with Gasteiger partial charge in [0.15, 0.2) is 0 Å². The highest BCUT2D eigenvalue weighted by Gasteiger charge is 2.30. The molecule has 0 spiro atoms. The zero-order chi connectivity index (χ0) is 25.6. The molecule has 10 N–H and O–H groups in total.